The maximum Gasteiger partial charge on any atom is 0.136 e. The lowest BCUT2D eigenvalue weighted by atomic mass is 10.1. The predicted octanol–water partition coefficient (Wildman–Crippen LogP) is 0.653. The Hall–Kier alpha value is -1.20. The van der Waals surface area contributed by atoms with Crippen LogP contribution in [-0.2, 0) is 13.0 Å². The van der Waals surface area contributed by atoms with Crippen molar-refractivity contribution >= 4 is 5.82 Å². The molecule has 0 aliphatic carbocycles. The molecule has 19 heavy (non-hydrogen) atoms. The Labute approximate surface area is 115 Å². The quantitative estimate of drug-likeness (QED) is 0.865. The molecular weight excluding hydrogens is 238 g/mol. The molecule has 104 valence electrons. The van der Waals surface area contributed by atoms with E-state index in [2.05, 4.69) is 39.2 Å². The largest absolute Gasteiger partial charge is 0.358 e. The Balaban J connectivity index is 1.77. The minimum absolute atomic E-state index is 0.659. The molecule has 1 unspecified atom stereocenters. The first-order valence-corrected chi connectivity index (χ1v) is 7.20. The molecule has 2 aliphatic heterocycles. The maximum absolute atomic E-state index is 4.52. The van der Waals surface area contributed by atoms with Crippen LogP contribution in [0.2, 0.25) is 0 Å². The average molecular weight is 261 g/mol. The summed E-state index contributed by atoms with van der Waals surface area (Å²) in [6, 6.07) is 0.659. The number of anilines is 1. The lowest BCUT2D eigenvalue weighted by Crippen LogP contribution is -2.38. The molecule has 1 aromatic rings. The first-order valence-electron chi connectivity index (χ1n) is 7.20. The fourth-order valence-corrected chi connectivity index (χ4v) is 3.20. The highest BCUT2D eigenvalue weighted by Gasteiger charge is 2.24. The van der Waals surface area contributed by atoms with Crippen molar-refractivity contribution in [3.05, 3.63) is 17.6 Å². The second kappa shape index (κ2) is 5.43. The van der Waals surface area contributed by atoms with E-state index in [0.29, 0.717) is 6.04 Å². The van der Waals surface area contributed by atoms with Gasteiger partial charge in [-0.1, -0.05) is 0 Å². The van der Waals surface area contributed by atoms with Crippen molar-refractivity contribution in [2.75, 3.05) is 38.6 Å². The van der Waals surface area contributed by atoms with Gasteiger partial charge >= 0.3 is 0 Å². The number of hydrogen-bond donors (Lipinski definition) is 1. The standard InChI is InChI=1S/C14H23N5/c1-18-7-3-4-11(18)9-19(2)14-12-8-15-6-5-13(12)16-10-17-14/h10-11,15H,3-9H2,1-2H3. The van der Waals surface area contributed by atoms with Crippen molar-refractivity contribution < 1.29 is 0 Å². The van der Waals surface area contributed by atoms with Gasteiger partial charge in [0.15, 0.2) is 0 Å². The molecular formula is C14H23N5. The van der Waals surface area contributed by atoms with Crippen molar-refractivity contribution in [3.63, 3.8) is 0 Å². The van der Waals surface area contributed by atoms with E-state index in [1.807, 2.05) is 0 Å². The SMILES string of the molecule is CN(CC1CCCN1C)c1ncnc2c1CNCC2. The van der Waals surface area contributed by atoms with Crippen molar-refractivity contribution in [2.24, 2.45) is 0 Å². The molecule has 5 heteroatoms. The van der Waals surface area contributed by atoms with Gasteiger partial charge in [-0.15, -0.1) is 0 Å². The van der Waals surface area contributed by atoms with Gasteiger partial charge in [-0.3, -0.25) is 0 Å². The fraction of sp³-hybridized carbons (Fsp3) is 0.714. The number of hydrogen-bond acceptors (Lipinski definition) is 5. The van der Waals surface area contributed by atoms with Crippen LogP contribution in [0.1, 0.15) is 24.1 Å². The number of likely N-dealkylation sites (tertiary alicyclic amines) is 1. The Morgan fingerprint density at radius 1 is 1.47 bits per heavy atom. The van der Waals surface area contributed by atoms with Gasteiger partial charge < -0.3 is 15.1 Å². The molecule has 0 bridgehead atoms. The van der Waals surface area contributed by atoms with E-state index in [1.165, 1.54) is 30.6 Å². The summed E-state index contributed by atoms with van der Waals surface area (Å²) >= 11 is 0. The molecule has 1 aromatic heterocycles. The molecule has 1 N–H and O–H groups in total. The van der Waals surface area contributed by atoms with Gasteiger partial charge in [-0.25, -0.2) is 9.97 Å². The van der Waals surface area contributed by atoms with Crippen LogP contribution in [0.3, 0.4) is 0 Å². The molecule has 1 saturated heterocycles. The number of nitrogens with zero attached hydrogens (tertiary/aromatic N) is 4. The van der Waals surface area contributed by atoms with Crippen LogP contribution < -0.4 is 10.2 Å². The molecule has 0 spiro atoms. The minimum atomic E-state index is 0.659. The van der Waals surface area contributed by atoms with E-state index >= 15 is 0 Å². The highest BCUT2D eigenvalue weighted by molar-refractivity contribution is 5.49. The van der Waals surface area contributed by atoms with Crippen LogP contribution in [0.4, 0.5) is 5.82 Å². The van der Waals surface area contributed by atoms with E-state index in [0.717, 1.165) is 31.9 Å². The lowest BCUT2D eigenvalue weighted by Gasteiger charge is -2.29. The molecule has 3 heterocycles. The van der Waals surface area contributed by atoms with Gasteiger partial charge in [0.2, 0.25) is 0 Å². The molecule has 1 atom stereocenters. The van der Waals surface area contributed by atoms with Gasteiger partial charge in [0.25, 0.3) is 0 Å². The van der Waals surface area contributed by atoms with Crippen molar-refractivity contribution in [1.29, 1.82) is 0 Å². The highest BCUT2D eigenvalue weighted by Crippen LogP contribution is 2.23. The van der Waals surface area contributed by atoms with E-state index in [9.17, 15) is 0 Å². The Bertz CT molecular complexity index is 447. The number of aromatic nitrogens is 2. The smallest absolute Gasteiger partial charge is 0.136 e. The zero-order valence-corrected chi connectivity index (χ0v) is 11.9. The maximum atomic E-state index is 4.52. The van der Waals surface area contributed by atoms with Gasteiger partial charge in [0.1, 0.15) is 12.1 Å². The summed E-state index contributed by atoms with van der Waals surface area (Å²) < 4.78 is 0. The summed E-state index contributed by atoms with van der Waals surface area (Å²) in [5, 5.41) is 3.42. The molecule has 1 fully saturated rings. The average Bonchev–Trinajstić information content (AvgIpc) is 2.83. The number of fused-ring (bicyclic) bond motifs is 1. The third-order valence-corrected chi connectivity index (χ3v) is 4.37. The Morgan fingerprint density at radius 3 is 3.16 bits per heavy atom. The second-order valence-corrected chi connectivity index (χ2v) is 5.71. The summed E-state index contributed by atoms with van der Waals surface area (Å²) in [5.74, 6) is 1.11. The highest BCUT2D eigenvalue weighted by atomic mass is 15.2. The summed E-state index contributed by atoms with van der Waals surface area (Å²) in [7, 11) is 4.38. The summed E-state index contributed by atoms with van der Waals surface area (Å²) in [4.78, 5) is 13.7. The number of nitrogens with one attached hydrogen (secondary N) is 1. The van der Waals surface area contributed by atoms with Gasteiger partial charge in [-0.2, -0.15) is 0 Å². The van der Waals surface area contributed by atoms with E-state index < -0.39 is 0 Å². The summed E-state index contributed by atoms with van der Waals surface area (Å²) in [6.07, 6.45) is 5.35. The van der Waals surface area contributed by atoms with Crippen molar-refractivity contribution in [3.8, 4) is 0 Å². The van der Waals surface area contributed by atoms with E-state index in [-0.39, 0.29) is 0 Å². The van der Waals surface area contributed by atoms with Crippen molar-refractivity contribution in [2.45, 2.75) is 31.8 Å². The van der Waals surface area contributed by atoms with Crippen molar-refractivity contribution in [1.82, 2.24) is 20.2 Å². The second-order valence-electron chi connectivity index (χ2n) is 5.71. The summed E-state index contributed by atoms with van der Waals surface area (Å²) in [6.45, 7) is 4.21. The van der Waals surface area contributed by atoms with Crippen LogP contribution in [0, 0.1) is 0 Å². The third kappa shape index (κ3) is 2.58. The molecule has 0 amide bonds. The molecule has 0 aromatic carbocycles. The van der Waals surface area contributed by atoms with Crippen LogP contribution in [-0.4, -0.2) is 54.6 Å². The molecule has 0 radical (unpaired) electrons. The zero-order chi connectivity index (χ0) is 13.2. The van der Waals surface area contributed by atoms with Crippen LogP contribution in [0.25, 0.3) is 0 Å². The molecule has 0 saturated carbocycles. The Kier molecular flexibility index (Phi) is 3.66. The zero-order valence-electron chi connectivity index (χ0n) is 11.9. The number of rotatable bonds is 3. The van der Waals surface area contributed by atoms with Crippen LogP contribution >= 0.6 is 0 Å². The first-order chi connectivity index (χ1) is 9.25. The topological polar surface area (TPSA) is 44.3 Å². The molecule has 3 rings (SSSR count). The fourth-order valence-electron chi connectivity index (χ4n) is 3.20. The van der Waals surface area contributed by atoms with Crippen LogP contribution in [0.15, 0.2) is 6.33 Å². The van der Waals surface area contributed by atoms with Gasteiger partial charge in [0.05, 0.1) is 5.69 Å². The third-order valence-electron chi connectivity index (χ3n) is 4.37. The normalized spacial score (nSPS) is 23.4. The van der Waals surface area contributed by atoms with E-state index in [4.69, 9.17) is 0 Å². The van der Waals surface area contributed by atoms with Crippen LogP contribution in [0.5, 0.6) is 0 Å². The minimum Gasteiger partial charge on any atom is -0.358 e. The number of likely N-dealkylation sites (N-methyl/N-ethyl adjacent to an activating group) is 2. The first kappa shape index (κ1) is 12.8. The summed E-state index contributed by atoms with van der Waals surface area (Å²) in [5.41, 5.74) is 2.51. The van der Waals surface area contributed by atoms with Gasteiger partial charge in [0, 0.05) is 44.7 Å². The van der Waals surface area contributed by atoms with Gasteiger partial charge in [-0.05, 0) is 26.4 Å². The Morgan fingerprint density at radius 2 is 2.37 bits per heavy atom. The molecule has 2 aliphatic rings. The van der Waals surface area contributed by atoms with E-state index in [1.54, 1.807) is 6.33 Å². The molecule has 5 nitrogen and oxygen atoms in total. The monoisotopic (exact) mass is 261 g/mol. The lowest BCUT2D eigenvalue weighted by molar-refractivity contribution is 0.313. The predicted molar refractivity (Wildman–Crippen MR) is 76.4 cm³/mol.